The molecule has 15 heteroatoms. The third kappa shape index (κ3) is 5.96. The quantitative estimate of drug-likeness (QED) is 0.339. The second-order valence-electron chi connectivity index (χ2n) is 8.91. The van der Waals surface area contributed by atoms with Gasteiger partial charge in [-0.15, -0.1) is 0 Å². The Balaban J connectivity index is 1.50. The minimum Gasteiger partial charge on any atom is -0.378 e. The van der Waals surface area contributed by atoms with Crippen LogP contribution < -0.4 is 15.1 Å². The van der Waals surface area contributed by atoms with E-state index in [1.165, 1.54) is 12.3 Å². The SMILES string of the molecule is FC(F)(F)c1ccc(Nc2nc(N3CCOCC3)nc3c2CCN(c2ncccc2C(F)(F)F)CC3)nc1Cl. The van der Waals surface area contributed by atoms with Gasteiger partial charge < -0.3 is 19.9 Å². The van der Waals surface area contributed by atoms with Crippen LogP contribution in [0.2, 0.25) is 5.15 Å². The minimum absolute atomic E-state index is 0.0343. The van der Waals surface area contributed by atoms with Gasteiger partial charge in [0.15, 0.2) is 0 Å². The number of halogens is 7. The van der Waals surface area contributed by atoms with Crippen LogP contribution >= 0.6 is 11.6 Å². The molecule has 0 amide bonds. The highest BCUT2D eigenvalue weighted by Gasteiger charge is 2.37. The zero-order valence-corrected chi connectivity index (χ0v) is 21.0. The van der Waals surface area contributed by atoms with Crippen molar-refractivity contribution in [3.05, 3.63) is 58.0 Å². The van der Waals surface area contributed by atoms with Crippen molar-refractivity contribution in [1.29, 1.82) is 0 Å². The Hall–Kier alpha value is -3.39. The van der Waals surface area contributed by atoms with Crippen LogP contribution in [0.4, 0.5) is 49.7 Å². The van der Waals surface area contributed by atoms with Gasteiger partial charge in [0.2, 0.25) is 5.95 Å². The summed E-state index contributed by atoms with van der Waals surface area (Å²) in [5.41, 5.74) is -0.675. The van der Waals surface area contributed by atoms with E-state index in [1.807, 2.05) is 4.90 Å². The van der Waals surface area contributed by atoms with Crippen molar-refractivity contribution in [2.24, 2.45) is 0 Å². The number of rotatable bonds is 4. The fourth-order valence-electron chi connectivity index (χ4n) is 4.51. The summed E-state index contributed by atoms with van der Waals surface area (Å²) in [7, 11) is 0. The molecule has 0 spiro atoms. The number of morpholine rings is 1. The smallest absolute Gasteiger partial charge is 0.378 e. The van der Waals surface area contributed by atoms with Gasteiger partial charge in [-0.25, -0.2) is 15.0 Å². The molecule has 0 aliphatic carbocycles. The number of pyridine rings is 2. The molecule has 0 unspecified atom stereocenters. The van der Waals surface area contributed by atoms with Crippen LogP contribution in [0.15, 0.2) is 30.5 Å². The fraction of sp³-hybridized carbons (Fsp3) is 0.417. The topological polar surface area (TPSA) is 79.3 Å². The van der Waals surface area contributed by atoms with Gasteiger partial charge in [-0.3, -0.25) is 0 Å². The van der Waals surface area contributed by atoms with E-state index in [2.05, 4.69) is 20.3 Å². The lowest BCUT2D eigenvalue weighted by Crippen LogP contribution is -2.37. The van der Waals surface area contributed by atoms with Crippen LogP contribution in [0.5, 0.6) is 0 Å². The first-order chi connectivity index (χ1) is 18.5. The average Bonchev–Trinajstić information content (AvgIpc) is 3.11. The Bertz CT molecular complexity index is 1350. The van der Waals surface area contributed by atoms with Crippen LogP contribution in [-0.2, 0) is 29.9 Å². The van der Waals surface area contributed by atoms with Crippen molar-refractivity contribution in [2.75, 3.05) is 54.5 Å². The van der Waals surface area contributed by atoms with Crippen molar-refractivity contribution < 1.29 is 31.1 Å². The molecule has 2 aliphatic rings. The molecule has 1 saturated heterocycles. The standard InChI is InChI=1S/C24H22ClF6N7O/c25-19-15(23(26,27)28)3-4-18(34-19)35-20-14-5-8-37(21-16(24(29,30)31)2-1-7-32-21)9-6-17(14)33-22(36-20)38-10-12-39-13-11-38/h1-4,7H,5-6,8-13H2,(H,33,34,35,36). The van der Waals surface area contributed by atoms with E-state index in [1.54, 1.807) is 4.90 Å². The molecule has 0 atom stereocenters. The van der Waals surface area contributed by atoms with E-state index in [-0.39, 0.29) is 31.1 Å². The maximum Gasteiger partial charge on any atom is 0.419 e. The maximum absolute atomic E-state index is 13.7. The minimum atomic E-state index is -4.66. The molecular weight excluding hydrogens is 552 g/mol. The molecule has 5 heterocycles. The Kier molecular flexibility index (Phi) is 7.42. The number of nitrogens with one attached hydrogen (secondary N) is 1. The van der Waals surface area contributed by atoms with Crippen molar-refractivity contribution in [3.8, 4) is 0 Å². The molecule has 2 aliphatic heterocycles. The third-order valence-electron chi connectivity index (χ3n) is 6.42. The highest BCUT2D eigenvalue weighted by molar-refractivity contribution is 6.30. The molecule has 0 saturated carbocycles. The average molecular weight is 574 g/mol. The summed E-state index contributed by atoms with van der Waals surface area (Å²) in [5.74, 6) is 0.528. The van der Waals surface area contributed by atoms with Crippen molar-refractivity contribution in [2.45, 2.75) is 25.2 Å². The molecule has 0 bridgehead atoms. The van der Waals surface area contributed by atoms with Gasteiger partial charge in [0.25, 0.3) is 0 Å². The van der Waals surface area contributed by atoms with Gasteiger partial charge in [0, 0.05) is 44.4 Å². The summed E-state index contributed by atoms with van der Waals surface area (Å²) in [6.07, 6.45) is -7.39. The van der Waals surface area contributed by atoms with E-state index >= 15 is 0 Å². The summed E-state index contributed by atoms with van der Waals surface area (Å²) in [6, 6.07) is 4.19. The lowest BCUT2D eigenvalue weighted by atomic mass is 10.1. The Morgan fingerprint density at radius 3 is 2.23 bits per heavy atom. The number of fused-ring (bicyclic) bond motifs is 1. The largest absolute Gasteiger partial charge is 0.419 e. The molecule has 3 aromatic rings. The molecule has 208 valence electrons. The normalized spacial score (nSPS) is 16.6. The number of alkyl halides is 6. The molecule has 0 radical (unpaired) electrons. The molecule has 1 fully saturated rings. The van der Waals surface area contributed by atoms with E-state index in [0.29, 0.717) is 55.7 Å². The van der Waals surface area contributed by atoms with E-state index < -0.39 is 28.6 Å². The second kappa shape index (κ2) is 10.6. The lowest BCUT2D eigenvalue weighted by molar-refractivity contribution is -0.138. The Morgan fingerprint density at radius 1 is 0.821 bits per heavy atom. The van der Waals surface area contributed by atoms with Crippen LogP contribution in [0.3, 0.4) is 0 Å². The van der Waals surface area contributed by atoms with E-state index in [0.717, 1.165) is 18.2 Å². The molecular formula is C24H22ClF6N7O. The first kappa shape index (κ1) is 27.2. The predicted octanol–water partition coefficient (Wildman–Crippen LogP) is 5.14. The van der Waals surface area contributed by atoms with Crippen molar-refractivity contribution in [3.63, 3.8) is 0 Å². The monoisotopic (exact) mass is 573 g/mol. The number of hydrogen-bond acceptors (Lipinski definition) is 8. The van der Waals surface area contributed by atoms with Crippen molar-refractivity contribution in [1.82, 2.24) is 19.9 Å². The second-order valence-corrected chi connectivity index (χ2v) is 9.27. The summed E-state index contributed by atoms with van der Waals surface area (Å²) in [6.45, 7) is 2.38. The Labute approximate surface area is 224 Å². The van der Waals surface area contributed by atoms with Gasteiger partial charge in [-0.05, 0) is 30.7 Å². The van der Waals surface area contributed by atoms with E-state index in [9.17, 15) is 26.3 Å². The molecule has 1 N–H and O–H groups in total. The van der Waals surface area contributed by atoms with Crippen LogP contribution in [0.25, 0.3) is 0 Å². The first-order valence-corrected chi connectivity index (χ1v) is 12.4. The maximum atomic E-state index is 13.7. The van der Waals surface area contributed by atoms with Gasteiger partial charge in [0.05, 0.1) is 30.0 Å². The highest BCUT2D eigenvalue weighted by Crippen LogP contribution is 2.37. The molecule has 8 nitrogen and oxygen atoms in total. The molecule has 5 rings (SSSR count). The fourth-order valence-corrected chi connectivity index (χ4v) is 4.77. The zero-order chi connectivity index (χ0) is 27.8. The van der Waals surface area contributed by atoms with Gasteiger partial charge in [-0.2, -0.15) is 31.3 Å². The molecule has 3 aromatic heterocycles. The van der Waals surface area contributed by atoms with Gasteiger partial charge in [-0.1, -0.05) is 11.6 Å². The summed E-state index contributed by atoms with van der Waals surface area (Å²) in [4.78, 5) is 20.7. The molecule has 0 aromatic carbocycles. The van der Waals surface area contributed by atoms with Crippen LogP contribution in [0.1, 0.15) is 22.4 Å². The third-order valence-corrected chi connectivity index (χ3v) is 6.71. The lowest BCUT2D eigenvalue weighted by Gasteiger charge is -2.28. The van der Waals surface area contributed by atoms with Gasteiger partial charge in [0.1, 0.15) is 22.6 Å². The number of nitrogens with zero attached hydrogens (tertiary/aromatic N) is 6. The predicted molar refractivity (Wildman–Crippen MR) is 131 cm³/mol. The summed E-state index contributed by atoms with van der Waals surface area (Å²) in [5, 5.41) is 2.24. The molecule has 39 heavy (non-hydrogen) atoms. The summed E-state index contributed by atoms with van der Waals surface area (Å²) >= 11 is 5.81. The van der Waals surface area contributed by atoms with E-state index in [4.69, 9.17) is 21.3 Å². The first-order valence-electron chi connectivity index (χ1n) is 12.0. The number of ether oxygens (including phenoxy) is 1. The number of aromatic nitrogens is 4. The zero-order valence-electron chi connectivity index (χ0n) is 20.3. The van der Waals surface area contributed by atoms with Gasteiger partial charge >= 0.3 is 12.4 Å². The summed E-state index contributed by atoms with van der Waals surface area (Å²) < 4.78 is 85.9. The number of hydrogen-bond donors (Lipinski definition) is 1. The number of anilines is 4. The highest BCUT2D eigenvalue weighted by atomic mass is 35.5. The van der Waals surface area contributed by atoms with Crippen molar-refractivity contribution >= 4 is 35.0 Å². The van der Waals surface area contributed by atoms with Crippen LogP contribution in [-0.4, -0.2) is 59.3 Å². The Morgan fingerprint density at radius 2 is 1.54 bits per heavy atom. The van der Waals surface area contributed by atoms with Crippen LogP contribution in [0, 0.1) is 0 Å².